The van der Waals surface area contributed by atoms with Gasteiger partial charge in [-0.25, -0.2) is 4.39 Å². The second-order valence-corrected chi connectivity index (χ2v) is 6.14. The first kappa shape index (κ1) is 14.8. The lowest BCUT2D eigenvalue weighted by Crippen LogP contribution is -2.40. The number of rotatable bonds is 4. The second kappa shape index (κ2) is 6.25. The van der Waals surface area contributed by atoms with Crippen LogP contribution in [0.1, 0.15) is 45.1 Å². The van der Waals surface area contributed by atoms with Crippen LogP contribution in [0.2, 0.25) is 0 Å². The first-order chi connectivity index (χ1) is 9.15. The van der Waals surface area contributed by atoms with Gasteiger partial charge in [0.15, 0.2) is 0 Å². The topological polar surface area (TPSA) is 3.24 Å². The Kier molecular flexibility index (Phi) is 4.88. The molecule has 2 rings (SSSR count). The van der Waals surface area contributed by atoms with Gasteiger partial charge in [-0.3, -0.25) is 0 Å². The van der Waals surface area contributed by atoms with Crippen molar-refractivity contribution in [1.82, 2.24) is 0 Å². The molecular formula is C16H23BrFN. The fraction of sp³-hybridized carbons (Fsp3) is 0.625. The first-order valence-electron chi connectivity index (χ1n) is 7.24. The van der Waals surface area contributed by atoms with Crippen molar-refractivity contribution in [3.05, 3.63) is 29.6 Å². The molecule has 0 amide bonds. The van der Waals surface area contributed by atoms with Crippen LogP contribution in [-0.2, 0) is 5.33 Å². The lowest BCUT2D eigenvalue weighted by molar-refractivity contribution is 0.199. The highest BCUT2D eigenvalue weighted by Crippen LogP contribution is 2.40. The lowest BCUT2D eigenvalue weighted by Gasteiger charge is -2.42. The van der Waals surface area contributed by atoms with Gasteiger partial charge in [0.25, 0.3) is 0 Å². The normalized spacial score (nSPS) is 18.6. The Morgan fingerprint density at radius 1 is 1.21 bits per heavy atom. The Balaban J connectivity index is 2.18. The van der Waals surface area contributed by atoms with E-state index in [1.54, 1.807) is 12.1 Å². The van der Waals surface area contributed by atoms with E-state index in [4.69, 9.17) is 0 Å². The zero-order chi connectivity index (χ0) is 13.9. The molecule has 1 aliphatic rings. The minimum Gasteiger partial charge on any atom is -0.369 e. The molecule has 0 spiro atoms. The predicted molar refractivity (Wildman–Crippen MR) is 83.5 cm³/mol. The largest absolute Gasteiger partial charge is 0.369 e. The average molecular weight is 328 g/mol. The van der Waals surface area contributed by atoms with Gasteiger partial charge in [-0.15, -0.1) is 0 Å². The van der Waals surface area contributed by atoms with Crippen molar-refractivity contribution in [2.75, 3.05) is 18.0 Å². The molecule has 1 saturated heterocycles. The Morgan fingerprint density at radius 3 is 2.37 bits per heavy atom. The summed E-state index contributed by atoms with van der Waals surface area (Å²) in [5.74, 6) is -0.0857. The summed E-state index contributed by atoms with van der Waals surface area (Å²) in [4.78, 5) is 2.23. The van der Waals surface area contributed by atoms with Crippen molar-refractivity contribution in [1.29, 1.82) is 0 Å². The van der Waals surface area contributed by atoms with Gasteiger partial charge < -0.3 is 4.90 Å². The number of halogens is 2. The molecule has 106 valence electrons. The highest BCUT2D eigenvalue weighted by atomic mass is 79.9. The molecule has 1 fully saturated rings. The van der Waals surface area contributed by atoms with Gasteiger partial charge >= 0.3 is 0 Å². The molecule has 19 heavy (non-hydrogen) atoms. The van der Waals surface area contributed by atoms with Crippen LogP contribution >= 0.6 is 15.9 Å². The molecule has 1 aliphatic heterocycles. The summed E-state index contributed by atoms with van der Waals surface area (Å²) >= 11 is 3.47. The SMILES string of the molecule is CCC1(CC)CCN(c2c(F)cccc2CBr)CC1. The Labute approximate surface area is 124 Å². The molecule has 0 N–H and O–H groups in total. The molecule has 0 atom stereocenters. The molecule has 0 bridgehead atoms. The fourth-order valence-corrected chi connectivity index (χ4v) is 3.64. The standard InChI is InChI=1S/C16H23BrFN/c1-3-16(4-2)8-10-19(11-9-16)15-13(12-17)6-5-7-14(15)18/h5-7H,3-4,8-12H2,1-2H3. The van der Waals surface area contributed by atoms with Crippen LogP contribution < -0.4 is 4.90 Å². The summed E-state index contributed by atoms with van der Waals surface area (Å²) in [6, 6.07) is 5.37. The summed E-state index contributed by atoms with van der Waals surface area (Å²) in [6.45, 7) is 6.52. The molecule has 0 aromatic heterocycles. The summed E-state index contributed by atoms with van der Waals surface area (Å²) in [7, 11) is 0. The van der Waals surface area contributed by atoms with Gasteiger partial charge in [-0.1, -0.05) is 54.8 Å². The molecule has 1 heterocycles. The summed E-state index contributed by atoms with van der Waals surface area (Å²) in [5.41, 5.74) is 2.34. The van der Waals surface area contributed by atoms with Crippen LogP contribution in [0, 0.1) is 11.2 Å². The number of piperidine rings is 1. The number of benzene rings is 1. The zero-order valence-electron chi connectivity index (χ0n) is 11.9. The van der Waals surface area contributed by atoms with Crippen LogP contribution in [0.5, 0.6) is 0 Å². The van der Waals surface area contributed by atoms with E-state index in [0.717, 1.165) is 24.3 Å². The van der Waals surface area contributed by atoms with Gasteiger partial charge in [0, 0.05) is 18.4 Å². The van der Waals surface area contributed by atoms with E-state index < -0.39 is 0 Å². The molecular weight excluding hydrogens is 305 g/mol. The van der Waals surface area contributed by atoms with E-state index in [0.29, 0.717) is 10.7 Å². The van der Waals surface area contributed by atoms with Gasteiger partial charge in [0.1, 0.15) is 5.82 Å². The smallest absolute Gasteiger partial charge is 0.146 e. The second-order valence-electron chi connectivity index (χ2n) is 5.58. The third kappa shape index (κ3) is 2.96. The van der Waals surface area contributed by atoms with Gasteiger partial charge in [-0.2, -0.15) is 0 Å². The predicted octanol–water partition coefficient (Wildman–Crippen LogP) is 5.13. The van der Waals surface area contributed by atoms with Crippen molar-refractivity contribution in [3.8, 4) is 0 Å². The molecule has 0 radical (unpaired) electrons. The minimum atomic E-state index is -0.0857. The van der Waals surface area contributed by atoms with E-state index in [2.05, 4.69) is 34.7 Å². The summed E-state index contributed by atoms with van der Waals surface area (Å²) in [6.07, 6.45) is 4.83. The summed E-state index contributed by atoms with van der Waals surface area (Å²) in [5, 5.41) is 0.712. The van der Waals surface area contributed by atoms with E-state index >= 15 is 0 Å². The maximum absolute atomic E-state index is 14.1. The van der Waals surface area contributed by atoms with Crippen molar-refractivity contribution < 1.29 is 4.39 Å². The molecule has 3 heteroatoms. The van der Waals surface area contributed by atoms with Crippen molar-refractivity contribution >= 4 is 21.6 Å². The third-order valence-corrected chi connectivity index (χ3v) is 5.46. The molecule has 1 nitrogen and oxygen atoms in total. The number of alkyl halides is 1. The van der Waals surface area contributed by atoms with Crippen molar-refractivity contribution in [2.45, 2.75) is 44.9 Å². The van der Waals surface area contributed by atoms with E-state index in [-0.39, 0.29) is 5.82 Å². The zero-order valence-corrected chi connectivity index (χ0v) is 13.5. The maximum Gasteiger partial charge on any atom is 0.146 e. The Bertz CT molecular complexity index is 419. The van der Waals surface area contributed by atoms with Crippen LogP contribution in [0.25, 0.3) is 0 Å². The van der Waals surface area contributed by atoms with Crippen molar-refractivity contribution in [3.63, 3.8) is 0 Å². The Morgan fingerprint density at radius 2 is 1.84 bits per heavy atom. The van der Waals surface area contributed by atoms with Gasteiger partial charge in [0.2, 0.25) is 0 Å². The Hall–Kier alpha value is -0.570. The molecule has 0 saturated carbocycles. The highest BCUT2D eigenvalue weighted by molar-refractivity contribution is 9.08. The lowest BCUT2D eigenvalue weighted by atomic mass is 9.74. The monoisotopic (exact) mass is 327 g/mol. The maximum atomic E-state index is 14.1. The van der Waals surface area contributed by atoms with Crippen molar-refractivity contribution in [2.24, 2.45) is 5.41 Å². The number of hydrogen-bond donors (Lipinski definition) is 0. The quantitative estimate of drug-likeness (QED) is 0.693. The van der Waals surface area contributed by atoms with Gasteiger partial charge in [-0.05, 0) is 29.9 Å². The van der Waals surface area contributed by atoms with E-state index in [1.165, 1.54) is 25.7 Å². The molecule has 0 unspecified atom stereocenters. The third-order valence-electron chi connectivity index (χ3n) is 4.85. The van der Waals surface area contributed by atoms with E-state index in [9.17, 15) is 4.39 Å². The van der Waals surface area contributed by atoms with Crippen LogP contribution in [0.15, 0.2) is 18.2 Å². The minimum absolute atomic E-state index is 0.0857. The number of para-hydroxylation sites is 1. The number of hydrogen-bond acceptors (Lipinski definition) is 1. The molecule has 1 aromatic rings. The fourth-order valence-electron chi connectivity index (χ4n) is 3.18. The first-order valence-corrected chi connectivity index (χ1v) is 8.36. The van der Waals surface area contributed by atoms with Crippen LogP contribution in [0.3, 0.4) is 0 Å². The highest BCUT2D eigenvalue weighted by Gasteiger charge is 2.32. The molecule has 0 aliphatic carbocycles. The molecule has 1 aromatic carbocycles. The number of nitrogens with zero attached hydrogens (tertiary/aromatic N) is 1. The van der Waals surface area contributed by atoms with E-state index in [1.807, 2.05) is 6.07 Å². The number of anilines is 1. The van der Waals surface area contributed by atoms with Crippen LogP contribution in [0.4, 0.5) is 10.1 Å². The summed E-state index contributed by atoms with van der Waals surface area (Å²) < 4.78 is 14.1. The van der Waals surface area contributed by atoms with Gasteiger partial charge in [0.05, 0.1) is 5.69 Å². The average Bonchev–Trinajstić information content (AvgIpc) is 2.47. The van der Waals surface area contributed by atoms with Crippen LogP contribution in [-0.4, -0.2) is 13.1 Å².